The molecule has 0 aliphatic rings. The van der Waals surface area contributed by atoms with Crippen molar-refractivity contribution < 1.29 is 22.4 Å². The minimum absolute atomic E-state index is 0.117. The Labute approximate surface area is 212 Å². The van der Waals surface area contributed by atoms with E-state index in [2.05, 4.69) is 5.32 Å². The molecule has 0 aromatic heterocycles. The van der Waals surface area contributed by atoms with Crippen molar-refractivity contribution in [3.05, 3.63) is 78.1 Å². The van der Waals surface area contributed by atoms with E-state index >= 15 is 0 Å². The van der Waals surface area contributed by atoms with Crippen LogP contribution < -0.4 is 9.62 Å². The first kappa shape index (κ1) is 27.1. The third-order valence-corrected chi connectivity index (χ3v) is 7.31. The highest BCUT2D eigenvalue weighted by molar-refractivity contribution is 7.92. The zero-order chi connectivity index (χ0) is 26.5. The maximum Gasteiger partial charge on any atom is 0.244 e. The number of carbonyl (C=O) groups excluding carboxylic acids is 2. The molecular weight excluding hydrogens is 481 g/mol. The van der Waals surface area contributed by atoms with Crippen LogP contribution in [0, 0.1) is 5.82 Å². The molecular formula is C27H32FN3O4S. The average molecular weight is 514 g/mol. The molecule has 0 saturated heterocycles. The van der Waals surface area contributed by atoms with Gasteiger partial charge in [-0.25, -0.2) is 12.8 Å². The summed E-state index contributed by atoms with van der Waals surface area (Å²) in [6, 6.07) is 17.4. The van der Waals surface area contributed by atoms with E-state index in [-0.39, 0.29) is 18.2 Å². The van der Waals surface area contributed by atoms with Gasteiger partial charge in [0, 0.05) is 23.5 Å². The second-order valence-electron chi connectivity index (χ2n) is 8.87. The van der Waals surface area contributed by atoms with E-state index in [9.17, 15) is 22.4 Å². The molecule has 36 heavy (non-hydrogen) atoms. The number of amides is 2. The minimum atomic E-state index is -3.88. The number of hydrogen-bond donors (Lipinski definition) is 1. The van der Waals surface area contributed by atoms with E-state index in [0.717, 1.165) is 15.9 Å². The van der Waals surface area contributed by atoms with Gasteiger partial charge in [0.1, 0.15) is 18.4 Å². The highest BCUT2D eigenvalue weighted by Gasteiger charge is 2.31. The van der Waals surface area contributed by atoms with E-state index in [4.69, 9.17) is 0 Å². The molecule has 2 amide bonds. The number of nitrogens with one attached hydrogen (secondary N) is 1. The molecule has 0 radical (unpaired) electrons. The van der Waals surface area contributed by atoms with E-state index in [0.29, 0.717) is 17.5 Å². The van der Waals surface area contributed by atoms with Gasteiger partial charge >= 0.3 is 0 Å². The number of fused-ring (bicyclic) bond motifs is 1. The highest BCUT2D eigenvalue weighted by atomic mass is 32.2. The Balaban J connectivity index is 2.00. The van der Waals surface area contributed by atoms with Gasteiger partial charge < -0.3 is 10.2 Å². The maximum absolute atomic E-state index is 14.5. The predicted molar refractivity (Wildman–Crippen MR) is 140 cm³/mol. The average Bonchev–Trinajstić information content (AvgIpc) is 2.85. The summed E-state index contributed by atoms with van der Waals surface area (Å²) < 4.78 is 41.2. The van der Waals surface area contributed by atoms with Gasteiger partial charge in [0.25, 0.3) is 0 Å². The lowest BCUT2D eigenvalue weighted by Gasteiger charge is -2.32. The van der Waals surface area contributed by atoms with Crippen LogP contribution in [0.25, 0.3) is 10.8 Å². The molecule has 0 bridgehead atoms. The Kier molecular flexibility index (Phi) is 8.68. The smallest absolute Gasteiger partial charge is 0.244 e. The molecule has 192 valence electrons. The van der Waals surface area contributed by atoms with Gasteiger partial charge in [-0.2, -0.15) is 0 Å². The second-order valence-corrected chi connectivity index (χ2v) is 10.8. The zero-order valence-corrected chi connectivity index (χ0v) is 21.8. The van der Waals surface area contributed by atoms with Crippen LogP contribution in [-0.2, 0) is 26.2 Å². The van der Waals surface area contributed by atoms with E-state index in [1.54, 1.807) is 37.3 Å². The number of halogens is 1. The summed E-state index contributed by atoms with van der Waals surface area (Å²) in [5.74, 6) is -1.53. The first-order valence-corrected chi connectivity index (χ1v) is 13.7. The molecule has 0 fully saturated rings. The van der Waals surface area contributed by atoms with Crippen molar-refractivity contribution in [2.75, 3.05) is 17.1 Å². The first-order chi connectivity index (χ1) is 17.0. The van der Waals surface area contributed by atoms with Gasteiger partial charge in [-0.3, -0.25) is 13.9 Å². The van der Waals surface area contributed by atoms with Gasteiger partial charge in [0.05, 0.1) is 11.9 Å². The molecule has 3 rings (SSSR count). The molecule has 9 heteroatoms. The Hall–Kier alpha value is -3.46. The van der Waals surface area contributed by atoms with Crippen molar-refractivity contribution in [1.82, 2.24) is 10.2 Å². The number of rotatable bonds is 10. The first-order valence-electron chi connectivity index (χ1n) is 11.8. The SMILES string of the molecule is CC[C@@H](C)NC(=O)[C@H](C)N(Cc1ccccc1F)C(=O)CN(c1cccc2ccccc12)S(C)(=O)=O. The molecule has 0 saturated carbocycles. The van der Waals surface area contributed by atoms with Crippen molar-refractivity contribution >= 4 is 38.3 Å². The molecule has 7 nitrogen and oxygen atoms in total. The molecule has 0 aliphatic heterocycles. The summed E-state index contributed by atoms with van der Waals surface area (Å²) in [6.45, 7) is 4.60. The van der Waals surface area contributed by atoms with E-state index in [1.807, 2.05) is 32.0 Å². The number of carbonyl (C=O) groups is 2. The number of nitrogens with zero attached hydrogens (tertiary/aromatic N) is 2. The van der Waals surface area contributed by atoms with Gasteiger partial charge in [0.2, 0.25) is 21.8 Å². The largest absolute Gasteiger partial charge is 0.352 e. The monoisotopic (exact) mass is 513 g/mol. The van der Waals surface area contributed by atoms with Crippen LogP contribution in [0.2, 0.25) is 0 Å². The fraction of sp³-hybridized carbons (Fsp3) is 0.333. The lowest BCUT2D eigenvalue weighted by Crippen LogP contribution is -2.52. The lowest BCUT2D eigenvalue weighted by molar-refractivity contribution is -0.139. The van der Waals surface area contributed by atoms with E-state index in [1.165, 1.54) is 23.1 Å². The van der Waals surface area contributed by atoms with Crippen LogP contribution in [0.15, 0.2) is 66.7 Å². The Bertz CT molecular complexity index is 1340. The van der Waals surface area contributed by atoms with Crippen molar-refractivity contribution in [1.29, 1.82) is 0 Å². The van der Waals surface area contributed by atoms with Gasteiger partial charge in [0.15, 0.2) is 0 Å². The normalized spacial score (nSPS) is 13.1. The molecule has 0 spiro atoms. The van der Waals surface area contributed by atoms with Crippen LogP contribution >= 0.6 is 0 Å². The number of anilines is 1. The number of benzene rings is 3. The maximum atomic E-state index is 14.5. The molecule has 3 aromatic rings. The number of sulfonamides is 1. The summed E-state index contributed by atoms with van der Waals surface area (Å²) in [6.07, 6.45) is 1.73. The molecule has 0 heterocycles. The zero-order valence-electron chi connectivity index (χ0n) is 20.9. The number of hydrogen-bond acceptors (Lipinski definition) is 4. The van der Waals surface area contributed by atoms with Crippen molar-refractivity contribution in [3.8, 4) is 0 Å². The van der Waals surface area contributed by atoms with Crippen LogP contribution in [0.4, 0.5) is 10.1 Å². The van der Waals surface area contributed by atoms with Crippen molar-refractivity contribution in [2.45, 2.75) is 45.8 Å². The molecule has 3 aromatic carbocycles. The minimum Gasteiger partial charge on any atom is -0.352 e. The van der Waals surface area contributed by atoms with Crippen LogP contribution in [0.3, 0.4) is 0 Å². The summed E-state index contributed by atoms with van der Waals surface area (Å²) >= 11 is 0. The predicted octanol–water partition coefficient (Wildman–Crippen LogP) is 4.08. The summed E-state index contributed by atoms with van der Waals surface area (Å²) in [4.78, 5) is 27.8. The lowest BCUT2D eigenvalue weighted by atomic mass is 10.1. The van der Waals surface area contributed by atoms with Crippen LogP contribution in [0.5, 0.6) is 0 Å². The fourth-order valence-electron chi connectivity index (χ4n) is 3.88. The topological polar surface area (TPSA) is 86.8 Å². The summed E-state index contributed by atoms with van der Waals surface area (Å²) in [7, 11) is -3.88. The van der Waals surface area contributed by atoms with Crippen LogP contribution in [0.1, 0.15) is 32.8 Å². The molecule has 0 aliphatic carbocycles. The molecule has 1 N–H and O–H groups in total. The van der Waals surface area contributed by atoms with E-state index < -0.39 is 40.2 Å². The second kappa shape index (κ2) is 11.5. The molecule has 0 unspecified atom stereocenters. The highest BCUT2D eigenvalue weighted by Crippen LogP contribution is 2.28. The Morgan fingerprint density at radius 3 is 2.28 bits per heavy atom. The third-order valence-electron chi connectivity index (χ3n) is 6.18. The summed E-state index contributed by atoms with van der Waals surface area (Å²) in [5.41, 5.74) is 0.580. The van der Waals surface area contributed by atoms with Crippen LogP contribution in [-0.4, -0.2) is 50.0 Å². The van der Waals surface area contributed by atoms with Crippen molar-refractivity contribution in [2.24, 2.45) is 0 Å². The standard InChI is InChI=1S/C27H32FN3O4S/c1-5-19(2)29-27(33)20(3)30(17-22-12-7-9-15-24(22)28)26(32)18-31(36(4,34)35)25-16-10-13-21-11-6-8-14-23(21)25/h6-16,19-20H,5,17-18H2,1-4H3,(H,29,33)/t19-,20+/m1/s1. The van der Waals surface area contributed by atoms with Gasteiger partial charge in [-0.15, -0.1) is 0 Å². The Morgan fingerprint density at radius 2 is 1.61 bits per heavy atom. The quantitative estimate of drug-likeness (QED) is 0.443. The fourth-order valence-corrected chi connectivity index (χ4v) is 4.74. The van der Waals surface area contributed by atoms with Crippen molar-refractivity contribution in [3.63, 3.8) is 0 Å². The summed E-state index contributed by atoms with van der Waals surface area (Å²) in [5, 5.41) is 4.33. The Morgan fingerprint density at radius 1 is 0.972 bits per heavy atom. The van der Waals surface area contributed by atoms with Gasteiger partial charge in [-0.05, 0) is 37.8 Å². The third kappa shape index (κ3) is 6.40. The van der Waals surface area contributed by atoms with Gasteiger partial charge in [-0.1, -0.05) is 61.5 Å². The molecule has 2 atom stereocenters.